The number of hydrogen-bond donors (Lipinski definition) is 0. The Morgan fingerprint density at radius 1 is 0.789 bits per heavy atom. The second kappa shape index (κ2) is 5.80. The Bertz CT molecular complexity index is 478. The lowest BCUT2D eigenvalue weighted by Crippen LogP contribution is -2.41. The molecule has 2 rings (SSSR count). The van der Waals surface area contributed by atoms with E-state index < -0.39 is 0 Å². The molecule has 0 saturated heterocycles. The van der Waals surface area contributed by atoms with E-state index in [1.807, 2.05) is 0 Å². The molecule has 0 heterocycles. The molecule has 0 fully saturated rings. The van der Waals surface area contributed by atoms with Gasteiger partial charge in [-0.25, -0.2) is 0 Å². The maximum Gasteiger partial charge on any atom is 0.0936 e. The number of rotatable bonds is 4. The van der Waals surface area contributed by atoms with Crippen molar-refractivity contribution in [1.29, 1.82) is 0 Å². The zero-order valence-electron chi connectivity index (χ0n) is 11.2. The fourth-order valence-electron chi connectivity index (χ4n) is 2.49. The Balaban J connectivity index is 2.65. The van der Waals surface area contributed by atoms with Gasteiger partial charge < -0.3 is 0 Å². The molecule has 0 unspecified atom stereocenters. The molecule has 0 N–H and O–H groups in total. The van der Waals surface area contributed by atoms with Crippen LogP contribution in [0.25, 0.3) is 0 Å². The lowest BCUT2D eigenvalue weighted by Gasteiger charge is -2.42. The lowest BCUT2D eigenvalue weighted by molar-refractivity contribution is 0.510. The molecule has 0 atom stereocenters. The highest BCUT2D eigenvalue weighted by atomic mass is 79.9. The number of alkyl halides is 2. The maximum absolute atomic E-state index is 3.89. The Morgan fingerprint density at radius 3 is 1.47 bits per heavy atom. The summed E-state index contributed by atoms with van der Waals surface area (Å²) in [6.45, 7) is 4.47. The zero-order valence-corrected chi connectivity index (χ0v) is 14.4. The largest absolute Gasteiger partial charge is 0.0936 e. The summed E-state index contributed by atoms with van der Waals surface area (Å²) < 4.78 is -0.171. The van der Waals surface area contributed by atoms with Gasteiger partial charge in [-0.2, -0.15) is 0 Å². The molecule has 2 aromatic rings. The van der Waals surface area contributed by atoms with Crippen LogP contribution in [0.5, 0.6) is 0 Å². The topological polar surface area (TPSA) is 0 Å². The first-order valence-corrected chi connectivity index (χ1v) is 8.10. The van der Waals surface area contributed by atoms with Crippen LogP contribution in [0.4, 0.5) is 0 Å². The van der Waals surface area contributed by atoms with Crippen molar-refractivity contribution in [3.8, 4) is 0 Å². The monoisotopic (exact) mass is 380 g/mol. The van der Waals surface area contributed by atoms with Crippen molar-refractivity contribution < 1.29 is 0 Å². The van der Waals surface area contributed by atoms with Crippen LogP contribution in [-0.2, 0) is 5.41 Å². The summed E-state index contributed by atoms with van der Waals surface area (Å²) in [5.41, 5.74) is 2.47. The molecule has 0 spiro atoms. The van der Waals surface area contributed by atoms with Crippen LogP contribution in [0, 0.1) is 0 Å². The van der Waals surface area contributed by atoms with Gasteiger partial charge in [-0.3, -0.25) is 0 Å². The SMILES string of the molecule is CCC(Br)(Br)C(C)(c1ccccc1)c1ccccc1. The predicted octanol–water partition coefficient (Wildman–Crippen LogP) is 5.89. The van der Waals surface area contributed by atoms with Gasteiger partial charge in [0.1, 0.15) is 0 Å². The first kappa shape index (κ1) is 14.8. The van der Waals surface area contributed by atoms with Crippen LogP contribution in [0.2, 0.25) is 0 Å². The van der Waals surface area contributed by atoms with E-state index >= 15 is 0 Å². The van der Waals surface area contributed by atoms with E-state index in [2.05, 4.69) is 106 Å². The van der Waals surface area contributed by atoms with Gasteiger partial charge in [0.25, 0.3) is 0 Å². The van der Waals surface area contributed by atoms with E-state index in [0.717, 1.165) is 6.42 Å². The molecule has 2 heteroatoms. The predicted molar refractivity (Wildman–Crippen MR) is 90.2 cm³/mol. The summed E-state index contributed by atoms with van der Waals surface area (Å²) in [4.78, 5) is 0. The van der Waals surface area contributed by atoms with Crippen LogP contribution in [0.1, 0.15) is 31.4 Å². The summed E-state index contributed by atoms with van der Waals surface area (Å²) in [7, 11) is 0. The van der Waals surface area contributed by atoms with Crippen LogP contribution in [0.3, 0.4) is 0 Å². The molecule has 0 radical (unpaired) electrons. The molecule has 0 aliphatic heterocycles. The van der Waals surface area contributed by atoms with Gasteiger partial charge >= 0.3 is 0 Å². The summed E-state index contributed by atoms with van der Waals surface area (Å²) in [5.74, 6) is 0. The molecular weight excluding hydrogens is 364 g/mol. The molecular formula is C17H18Br2. The maximum atomic E-state index is 3.89. The average Bonchev–Trinajstić information content (AvgIpc) is 2.48. The van der Waals surface area contributed by atoms with E-state index in [0.29, 0.717) is 0 Å². The van der Waals surface area contributed by atoms with E-state index in [1.54, 1.807) is 0 Å². The Hall–Kier alpha value is -0.600. The molecule has 0 aliphatic carbocycles. The molecule has 0 amide bonds. The fraction of sp³-hybridized carbons (Fsp3) is 0.294. The van der Waals surface area contributed by atoms with Gasteiger partial charge in [0.05, 0.1) is 3.23 Å². The van der Waals surface area contributed by atoms with E-state index in [-0.39, 0.29) is 8.65 Å². The highest BCUT2D eigenvalue weighted by molar-refractivity contribution is 9.25. The van der Waals surface area contributed by atoms with Gasteiger partial charge in [0.15, 0.2) is 0 Å². The standard InChI is InChI=1S/C17H18Br2/c1-3-17(18,19)16(2,14-10-6-4-7-11-14)15-12-8-5-9-13-15/h4-13H,3H2,1-2H3. The normalized spacial score (nSPS) is 12.4. The third kappa shape index (κ3) is 2.66. The quantitative estimate of drug-likeness (QED) is 0.579. The second-order valence-electron chi connectivity index (χ2n) is 4.92. The number of halogens is 2. The van der Waals surface area contributed by atoms with E-state index in [4.69, 9.17) is 0 Å². The third-order valence-corrected chi connectivity index (χ3v) is 6.59. The van der Waals surface area contributed by atoms with Crippen LogP contribution < -0.4 is 0 Å². The van der Waals surface area contributed by atoms with Crippen molar-refractivity contribution >= 4 is 31.9 Å². The summed E-state index contributed by atoms with van der Waals surface area (Å²) in [6, 6.07) is 21.3. The first-order valence-electron chi connectivity index (χ1n) is 6.51. The first-order chi connectivity index (χ1) is 9.02. The van der Waals surface area contributed by atoms with Crippen molar-refractivity contribution in [3.05, 3.63) is 71.8 Å². The number of benzene rings is 2. The smallest absolute Gasteiger partial charge is 0.0714 e. The molecule has 100 valence electrons. The molecule has 0 aromatic heterocycles. The highest BCUT2D eigenvalue weighted by Gasteiger charge is 2.45. The Labute approximate surface area is 132 Å². The lowest BCUT2D eigenvalue weighted by atomic mass is 9.73. The van der Waals surface area contributed by atoms with Crippen molar-refractivity contribution in [2.75, 3.05) is 0 Å². The molecule has 19 heavy (non-hydrogen) atoms. The van der Waals surface area contributed by atoms with Crippen LogP contribution in [0.15, 0.2) is 60.7 Å². The van der Waals surface area contributed by atoms with Crippen molar-refractivity contribution in [2.24, 2.45) is 0 Å². The van der Waals surface area contributed by atoms with Crippen molar-refractivity contribution in [2.45, 2.75) is 28.9 Å². The summed E-state index contributed by atoms with van der Waals surface area (Å²) >= 11 is 7.79. The molecule has 0 saturated carbocycles. The average molecular weight is 382 g/mol. The van der Waals surface area contributed by atoms with Crippen LogP contribution in [-0.4, -0.2) is 3.23 Å². The van der Waals surface area contributed by atoms with Crippen molar-refractivity contribution in [3.63, 3.8) is 0 Å². The van der Waals surface area contributed by atoms with E-state index in [1.165, 1.54) is 11.1 Å². The molecule has 0 nitrogen and oxygen atoms in total. The summed E-state index contributed by atoms with van der Waals surface area (Å²) in [6.07, 6.45) is 0.979. The third-order valence-electron chi connectivity index (χ3n) is 3.88. The van der Waals surface area contributed by atoms with Crippen LogP contribution >= 0.6 is 31.9 Å². The Kier molecular flexibility index (Phi) is 4.52. The minimum Gasteiger partial charge on any atom is -0.0714 e. The highest BCUT2D eigenvalue weighted by Crippen LogP contribution is 2.52. The van der Waals surface area contributed by atoms with Gasteiger partial charge in [-0.05, 0) is 24.5 Å². The minimum absolute atomic E-state index is 0.135. The van der Waals surface area contributed by atoms with E-state index in [9.17, 15) is 0 Å². The van der Waals surface area contributed by atoms with Crippen molar-refractivity contribution in [1.82, 2.24) is 0 Å². The van der Waals surface area contributed by atoms with Gasteiger partial charge in [0, 0.05) is 5.41 Å². The minimum atomic E-state index is -0.171. The Morgan fingerprint density at radius 2 is 1.16 bits per heavy atom. The van der Waals surface area contributed by atoms with Gasteiger partial charge in [0.2, 0.25) is 0 Å². The molecule has 2 aromatic carbocycles. The van der Waals surface area contributed by atoms with Gasteiger partial charge in [-0.15, -0.1) is 0 Å². The number of hydrogen-bond acceptors (Lipinski definition) is 0. The zero-order chi connectivity index (χ0) is 13.9. The van der Waals surface area contributed by atoms with Gasteiger partial charge in [-0.1, -0.05) is 99.4 Å². The fourth-order valence-corrected chi connectivity index (χ4v) is 3.40. The molecule has 0 aliphatic rings. The summed E-state index contributed by atoms with van der Waals surface area (Å²) in [5, 5.41) is 0. The second-order valence-corrected chi connectivity index (χ2v) is 8.69. The molecule has 0 bridgehead atoms.